The van der Waals surface area contributed by atoms with Crippen LogP contribution in [0.25, 0.3) is 0 Å². The highest BCUT2D eigenvalue weighted by atomic mass is 79.9. The van der Waals surface area contributed by atoms with E-state index in [9.17, 15) is 4.39 Å². The summed E-state index contributed by atoms with van der Waals surface area (Å²) in [5.74, 6) is -0.0815. The zero-order chi connectivity index (χ0) is 8.43. The number of halogens is 2. The van der Waals surface area contributed by atoms with Gasteiger partial charge in [0.1, 0.15) is 5.82 Å². The molecule has 0 atom stereocenters. The SMILES string of the molecule is Cc1ccc(CBr)c(C)c1F. The maximum absolute atomic E-state index is 13.2. The first-order valence-electron chi connectivity index (χ1n) is 3.47. The average Bonchev–Trinajstić information content (AvgIpc) is 2.01. The predicted molar refractivity (Wildman–Crippen MR) is 48.5 cm³/mol. The van der Waals surface area contributed by atoms with Crippen LogP contribution >= 0.6 is 15.9 Å². The minimum absolute atomic E-state index is 0.0815. The van der Waals surface area contributed by atoms with E-state index in [4.69, 9.17) is 0 Å². The number of benzene rings is 1. The van der Waals surface area contributed by atoms with Crippen LogP contribution in [0.1, 0.15) is 16.7 Å². The van der Waals surface area contributed by atoms with E-state index in [0.29, 0.717) is 5.56 Å². The van der Waals surface area contributed by atoms with E-state index >= 15 is 0 Å². The van der Waals surface area contributed by atoms with Crippen molar-refractivity contribution < 1.29 is 4.39 Å². The average molecular weight is 217 g/mol. The first-order chi connectivity index (χ1) is 5.16. The largest absolute Gasteiger partial charge is 0.206 e. The van der Waals surface area contributed by atoms with Crippen LogP contribution in [0.4, 0.5) is 4.39 Å². The fourth-order valence-corrected chi connectivity index (χ4v) is 1.61. The Bertz CT molecular complexity index is 269. The first kappa shape index (κ1) is 8.72. The summed E-state index contributed by atoms with van der Waals surface area (Å²) in [5.41, 5.74) is 2.49. The van der Waals surface area contributed by atoms with Crippen LogP contribution in [-0.2, 0) is 5.33 Å². The lowest BCUT2D eigenvalue weighted by molar-refractivity contribution is 0.607. The molecule has 0 unspecified atom stereocenters. The topological polar surface area (TPSA) is 0 Å². The Morgan fingerprint density at radius 3 is 2.55 bits per heavy atom. The van der Waals surface area contributed by atoms with Crippen LogP contribution < -0.4 is 0 Å². The Hall–Kier alpha value is -0.370. The lowest BCUT2D eigenvalue weighted by Gasteiger charge is -2.04. The van der Waals surface area contributed by atoms with Gasteiger partial charge in [0.05, 0.1) is 0 Å². The van der Waals surface area contributed by atoms with E-state index in [-0.39, 0.29) is 5.82 Å². The summed E-state index contributed by atoms with van der Waals surface area (Å²) in [6, 6.07) is 3.75. The highest BCUT2D eigenvalue weighted by molar-refractivity contribution is 9.08. The van der Waals surface area contributed by atoms with Crippen LogP contribution in [-0.4, -0.2) is 0 Å². The summed E-state index contributed by atoms with van der Waals surface area (Å²) >= 11 is 3.30. The summed E-state index contributed by atoms with van der Waals surface area (Å²) in [5, 5.41) is 0.718. The van der Waals surface area contributed by atoms with Gasteiger partial charge in [0.15, 0.2) is 0 Å². The molecule has 0 N–H and O–H groups in total. The molecule has 0 aliphatic heterocycles. The van der Waals surface area contributed by atoms with Crippen molar-refractivity contribution in [1.82, 2.24) is 0 Å². The number of alkyl halides is 1. The zero-order valence-corrected chi connectivity index (χ0v) is 8.20. The third-order valence-electron chi connectivity index (χ3n) is 1.84. The molecule has 0 aromatic heterocycles. The van der Waals surface area contributed by atoms with Crippen LogP contribution in [0.15, 0.2) is 12.1 Å². The lowest BCUT2D eigenvalue weighted by atomic mass is 10.1. The standard InChI is InChI=1S/C9H10BrF/c1-6-3-4-8(5-10)7(2)9(6)11/h3-4H,5H2,1-2H3. The number of hydrogen-bond donors (Lipinski definition) is 0. The smallest absolute Gasteiger partial charge is 0.129 e. The van der Waals surface area contributed by atoms with Gasteiger partial charge in [0.2, 0.25) is 0 Å². The van der Waals surface area contributed by atoms with E-state index in [1.807, 2.05) is 6.07 Å². The van der Waals surface area contributed by atoms with Gasteiger partial charge in [-0.2, -0.15) is 0 Å². The Balaban J connectivity index is 3.25. The molecule has 0 fully saturated rings. The molecule has 0 saturated heterocycles. The highest BCUT2D eigenvalue weighted by Gasteiger charge is 2.04. The minimum atomic E-state index is -0.0815. The van der Waals surface area contributed by atoms with Crippen molar-refractivity contribution in [2.24, 2.45) is 0 Å². The van der Waals surface area contributed by atoms with Crippen LogP contribution in [0.2, 0.25) is 0 Å². The van der Waals surface area contributed by atoms with Gasteiger partial charge in [-0.3, -0.25) is 0 Å². The predicted octanol–water partition coefficient (Wildman–Crippen LogP) is 3.34. The summed E-state index contributed by atoms with van der Waals surface area (Å²) in [6.45, 7) is 3.58. The molecule has 0 heterocycles. The number of hydrogen-bond acceptors (Lipinski definition) is 0. The fourth-order valence-electron chi connectivity index (χ4n) is 1.01. The van der Waals surface area contributed by atoms with E-state index in [1.54, 1.807) is 19.9 Å². The Labute approximate surface area is 74.6 Å². The van der Waals surface area contributed by atoms with Gasteiger partial charge in [-0.15, -0.1) is 0 Å². The Morgan fingerprint density at radius 2 is 2.00 bits per heavy atom. The van der Waals surface area contributed by atoms with Gasteiger partial charge < -0.3 is 0 Å². The number of aryl methyl sites for hydroxylation is 1. The zero-order valence-electron chi connectivity index (χ0n) is 6.62. The van der Waals surface area contributed by atoms with Crippen molar-refractivity contribution in [2.45, 2.75) is 19.2 Å². The second-order valence-electron chi connectivity index (χ2n) is 2.61. The van der Waals surface area contributed by atoms with Gasteiger partial charge in [-0.05, 0) is 30.5 Å². The summed E-state index contributed by atoms with van der Waals surface area (Å²) < 4.78 is 13.2. The van der Waals surface area contributed by atoms with E-state index < -0.39 is 0 Å². The van der Waals surface area contributed by atoms with Gasteiger partial charge >= 0.3 is 0 Å². The molecule has 0 bridgehead atoms. The van der Waals surface area contributed by atoms with Crippen molar-refractivity contribution in [3.05, 3.63) is 34.6 Å². The molecule has 0 radical (unpaired) electrons. The van der Waals surface area contributed by atoms with Crippen molar-refractivity contribution in [3.8, 4) is 0 Å². The second-order valence-corrected chi connectivity index (χ2v) is 3.17. The second kappa shape index (κ2) is 3.35. The Morgan fingerprint density at radius 1 is 1.36 bits per heavy atom. The summed E-state index contributed by atoms with van der Waals surface area (Å²) in [7, 11) is 0. The number of rotatable bonds is 1. The lowest BCUT2D eigenvalue weighted by Crippen LogP contribution is -1.92. The molecule has 0 nitrogen and oxygen atoms in total. The normalized spacial score (nSPS) is 10.2. The molecule has 60 valence electrons. The third kappa shape index (κ3) is 1.62. The van der Waals surface area contributed by atoms with Crippen molar-refractivity contribution >= 4 is 15.9 Å². The van der Waals surface area contributed by atoms with E-state index in [2.05, 4.69) is 15.9 Å². The molecule has 11 heavy (non-hydrogen) atoms. The van der Waals surface area contributed by atoms with Crippen molar-refractivity contribution in [3.63, 3.8) is 0 Å². The monoisotopic (exact) mass is 216 g/mol. The van der Waals surface area contributed by atoms with Crippen LogP contribution in [0, 0.1) is 19.7 Å². The first-order valence-corrected chi connectivity index (χ1v) is 4.59. The molecule has 1 aromatic carbocycles. The third-order valence-corrected chi connectivity index (χ3v) is 2.44. The van der Waals surface area contributed by atoms with Gasteiger partial charge in [-0.25, -0.2) is 4.39 Å². The molecule has 0 spiro atoms. The Kier molecular flexibility index (Phi) is 2.66. The van der Waals surface area contributed by atoms with Gasteiger partial charge in [0, 0.05) is 5.33 Å². The molecule has 0 amide bonds. The maximum Gasteiger partial charge on any atom is 0.129 e. The van der Waals surface area contributed by atoms with E-state index in [0.717, 1.165) is 16.5 Å². The van der Waals surface area contributed by atoms with Gasteiger partial charge in [0.25, 0.3) is 0 Å². The molecule has 0 aliphatic carbocycles. The molecular formula is C9H10BrF. The molecule has 1 aromatic rings. The minimum Gasteiger partial charge on any atom is -0.206 e. The van der Waals surface area contributed by atoms with Crippen LogP contribution in [0.5, 0.6) is 0 Å². The fraction of sp³-hybridized carbons (Fsp3) is 0.333. The highest BCUT2D eigenvalue weighted by Crippen LogP contribution is 2.18. The molecule has 2 heteroatoms. The quantitative estimate of drug-likeness (QED) is 0.633. The molecule has 0 saturated carbocycles. The van der Waals surface area contributed by atoms with Crippen molar-refractivity contribution in [2.75, 3.05) is 0 Å². The molecule has 0 aliphatic rings. The van der Waals surface area contributed by atoms with E-state index in [1.165, 1.54) is 0 Å². The van der Waals surface area contributed by atoms with Crippen LogP contribution in [0.3, 0.4) is 0 Å². The molecular weight excluding hydrogens is 207 g/mol. The van der Waals surface area contributed by atoms with Crippen molar-refractivity contribution in [1.29, 1.82) is 0 Å². The maximum atomic E-state index is 13.2. The summed E-state index contributed by atoms with van der Waals surface area (Å²) in [4.78, 5) is 0. The summed E-state index contributed by atoms with van der Waals surface area (Å²) in [6.07, 6.45) is 0. The molecule has 1 rings (SSSR count). The van der Waals surface area contributed by atoms with Gasteiger partial charge in [-0.1, -0.05) is 28.1 Å².